The van der Waals surface area contributed by atoms with Gasteiger partial charge >= 0.3 is 12.1 Å². The molecule has 7 nitrogen and oxygen atoms in total. The predicted octanol–water partition coefficient (Wildman–Crippen LogP) is 3.78. The number of nitrogens with zero attached hydrogens (tertiary/aromatic N) is 2. The van der Waals surface area contributed by atoms with Crippen molar-refractivity contribution in [3.05, 3.63) is 35.4 Å². The van der Waals surface area contributed by atoms with Crippen LogP contribution in [0.25, 0.3) is 0 Å². The largest absolute Gasteiger partial charge is 0.481 e. The molecule has 1 heterocycles. The Morgan fingerprint density at radius 1 is 1.23 bits per heavy atom. The maximum absolute atomic E-state index is 13.2. The van der Waals surface area contributed by atoms with Gasteiger partial charge in [-0.2, -0.15) is 13.2 Å². The van der Waals surface area contributed by atoms with Crippen LogP contribution >= 0.6 is 0 Å². The predicted molar refractivity (Wildman–Crippen MR) is 124 cm³/mol. The lowest BCUT2D eigenvalue weighted by Gasteiger charge is -2.44. The Kier molecular flexibility index (Phi) is 8.46. The average molecular weight is 498 g/mol. The van der Waals surface area contributed by atoms with E-state index in [1.54, 1.807) is 4.90 Å². The minimum Gasteiger partial charge on any atom is -0.481 e. The quantitative estimate of drug-likeness (QED) is 0.571. The van der Waals surface area contributed by atoms with Crippen LogP contribution in [0.15, 0.2) is 24.3 Å². The average Bonchev–Trinajstić information content (AvgIpc) is 3.16. The summed E-state index contributed by atoms with van der Waals surface area (Å²) in [6, 6.07) is 3.85. The van der Waals surface area contributed by atoms with E-state index < -0.39 is 29.7 Å². The first-order valence-electron chi connectivity index (χ1n) is 12.1. The highest BCUT2D eigenvalue weighted by molar-refractivity contribution is 5.98. The van der Waals surface area contributed by atoms with E-state index in [0.717, 1.165) is 31.4 Å². The Hall–Kier alpha value is -2.62. The lowest BCUT2D eigenvalue weighted by Crippen LogP contribution is -2.51. The zero-order chi connectivity index (χ0) is 25.9. The molecule has 2 aliphatic rings. The summed E-state index contributed by atoms with van der Waals surface area (Å²) in [7, 11) is 2.06. The highest BCUT2D eigenvalue weighted by atomic mass is 19.4. The molecule has 10 heteroatoms. The molecule has 0 bridgehead atoms. The number of hydrogen-bond donors (Lipinski definition) is 2. The van der Waals surface area contributed by atoms with E-state index in [1.165, 1.54) is 12.1 Å². The molecule has 1 saturated carbocycles. The summed E-state index contributed by atoms with van der Waals surface area (Å²) in [5, 5.41) is 11.8. The number of amides is 2. The van der Waals surface area contributed by atoms with Gasteiger partial charge in [0, 0.05) is 36.7 Å². The lowest BCUT2D eigenvalue weighted by molar-refractivity contribution is -0.138. The number of aliphatic carboxylic acids is 1. The SMILES string of the molecule is CC(C)N(C)C1CC[C@H](N2CC[C@H](NC(=O)c3cccc(C(F)(F)F)c3)C2=O)[C@@H](CCC(=O)O)C1. The van der Waals surface area contributed by atoms with Gasteiger partial charge in [0.2, 0.25) is 5.91 Å². The number of alkyl halides is 3. The van der Waals surface area contributed by atoms with Crippen LogP contribution in [0.4, 0.5) is 13.2 Å². The molecule has 1 unspecified atom stereocenters. The Labute approximate surface area is 203 Å². The van der Waals surface area contributed by atoms with Crippen LogP contribution in [0.1, 0.15) is 68.3 Å². The summed E-state index contributed by atoms with van der Waals surface area (Å²) in [5.74, 6) is -1.83. The Morgan fingerprint density at radius 3 is 2.57 bits per heavy atom. The fourth-order valence-corrected chi connectivity index (χ4v) is 5.29. The van der Waals surface area contributed by atoms with Crippen LogP contribution in [-0.4, -0.2) is 70.4 Å². The monoisotopic (exact) mass is 497 g/mol. The Balaban J connectivity index is 1.69. The lowest BCUT2D eigenvalue weighted by atomic mass is 9.77. The summed E-state index contributed by atoms with van der Waals surface area (Å²) in [4.78, 5) is 41.1. The van der Waals surface area contributed by atoms with E-state index in [2.05, 4.69) is 31.1 Å². The van der Waals surface area contributed by atoms with Crippen molar-refractivity contribution in [3.63, 3.8) is 0 Å². The second kappa shape index (κ2) is 11.0. The first-order chi connectivity index (χ1) is 16.4. The van der Waals surface area contributed by atoms with Gasteiger partial charge in [-0.15, -0.1) is 0 Å². The summed E-state index contributed by atoms with van der Waals surface area (Å²) in [6.45, 7) is 4.64. The van der Waals surface area contributed by atoms with Crippen molar-refractivity contribution in [2.75, 3.05) is 13.6 Å². The molecular formula is C25H34F3N3O4. The van der Waals surface area contributed by atoms with Crippen molar-refractivity contribution >= 4 is 17.8 Å². The second-order valence-corrected chi connectivity index (χ2v) is 9.91. The van der Waals surface area contributed by atoms with E-state index in [1.807, 2.05) is 0 Å². The Morgan fingerprint density at radius 2 is 1.94 bits per heavy atom. The van der Waals surface area contributed by atoms with Crippen molar-refractivity contribution in [2.45, 2.75) is 82.7 Å². The summed E-state index contributed by atoms with van der Waals surface area (Å²) < 4.78 is 39.0. The molecule has 2 amide bonds. The maximum atomic E-state index is 13.2. The van der Waals surface area contributed by atoms with Crippen LogP contribution in [-0.2, 0) is 15.8 Å². The van der Waals surface area contributed by atoms with Gasteiger partial charge in [-0.25, -0.2) is 0 Å². The first-order valence-corrected chi connectivity index (χ1v) is 12.1. The first kappa shape index (κ1) is 27.0. The smallest absolute Gasteiger partial charge is 0.416 e. The number of nitrogens with one attached hydrogen (secondary N) is 1. The number of rotatable bonds is 8. The molecule has 35 heavy (non-hydrogen) atoms. The second-order valence-electron chi connectivity index (χ2n) is 9.91. The summed E-state index contributed by atoms with van der Waals surface area (Å²) in [5.41, 5.74) is -1.07. The van der Waals surface area contributed by atoms with Crippen molar-refractivity contribution in [3.8, 4) is 0 Å². The number of carboxylic acids is 1. The highest BCUT2D eigenvalue weighted by Gasteiger charge is 2.43. The molecule has 1 aliphatic carbocycles. The van der Waals surface area contributed by atoms with Gasteiger partial charge in [0.15, 0.2) is 0 Å². The molecule has 194 valence electrons. The van der Waals surface area contributed by atoms with E-state index in [-0.39, 0.29) is 29.9 Å². The normalized spacial score (nSPS) is 25.4. The van der Waals surface area contributed by atoms with Gasteiger partial charge < -0.3 is 20.2 Å². The van der Waals surface area contributed by atoms with Crippen molar-refractivity contribution in [1.29, 1.82) is 0 Å². The van der Waals surface area contributed by atoms with Gasteiger partial charge in [-0.05, 0) is 77.1 Å². The molecule has 1 saturated heterocycles. The number of carboxylic acid groups (broad SMARTS) is 1. The Bertz CT molecular complexity index is 937. The van der Waals surface area contributed by atoms with Crippen molar-refractivity contribution in [1.82, 2.24) is 15.1 Å². The van der Waals surface area contributed by atoms with Crippen molar-refractivity contribution in [2.24, 2.45) is 5.92 Å². The third kappa shape index (κ3) is 6.54. The zero-order valence-corrected chi connectivity index (χ0v) is 20.3. The molecule has 2 fully saturated rings. The fourth-order valence-electron chi connectivity index (χ4n) is 5.29. The van der Waals surface area contributed by atoms with Gasteiger partial charge in [-0.1, -0.05) is 6.07 Å². The fraction of sp³-hybridized carbons (Fsp3) is 0.640. The number of carbonyl (C=O) groups excluding carboxylic acids is 2. The molecular weight excluding hydrogens is 463 g/mol. The molecule has 4 atom stereocenters. The van der Waals surface area contributed by atoms with Gasteiger partial charge in [-0.3, -0.25) is 14.4 Å². The molecule has 1 aromatic carbocycles. The van der Waals surface area contributed by atoms with Gasteiger partial charge in [0.25, 0.3) is 5.91 Å². The third-order valence-corrected chi connectivity index (χ3v) is 7.43. The van der Waals surface area contributed by atoms with Gasteiger partial charge in [0.1, 0.15) is 6.04 Å². The van der Waals surface area contributed by atoms with Crippen LogP contribution in [0.2, 0.25) is 0 Å². The van der Waals surface area contributed by atoms with E-state index >= 15 is 0 Å². The molecule has 0 aromatic heterocycles. The standard InChI is InChI=1S/C25H34F3N3O4/c1-15(2)30(3)19-8-9-21(16(14-19)7-10-22(32)33)31-12-11-20(24(31)35)29-23(34)17-5-4-6-18(13-17)25(26,27)28/h4-6,13,15-16,19-21H,7-12,14H2,1-3H3,(H,29,34)(H,32,33)/t16-,19?,20-,21-/m0/s1. The number of halogens is 3. The molecule has 1 aliphatic heterocycles. The van der Waals surface area contributed by atoms with Crippen LogP contribution < -0.4 is 5.32 Å². The highest BCUT2D eigenvalue weighted by Crippen LogP contribution is 2.36. The topological polar surface area (TPSA) is 90.0 Å². The number of likely N-dealkylation sites (tertiary alicyclic amines) is 1. The minimum atomic E-state index is -4.57. The van der Waals surface area contributed by atoms with E-state index in [0.29, 0.717) is 31.5 Å². The third-order valence-electron chi connectivity index (χ3n) is 7.43. The van der Waals surface area contributed by atoms with Crippen LogP contribution in [0.3, 0.4) is 0 Å². The summed E-state index contributed by atoms with van der Waals surface area (Å²) >= 11 is 0. The number of benzene rings is 1. The zero-order valence-electron chi connectivity index (χ0n) is 20.3. The van der Waals surface area contributed by atoms with Crippen molar-refractivity contribution < 1.29 is 32.7 Å². The minimum absolute atomic E-state index is 0.0212. The maximum Gasteiger partial charge on any atom is 0.416 e. The number of hydrogen-bond acceptors (Lipinski definition) is 4. The molecule has 2 N–H and O–H groups in total. The van der Waals surface area contributed by atoms with Crippen LogP contribution in [0, 0.1) is 5.92 Å². The molecule has 0 spiro atoms. The van der Waals surface area contributed by atoms with E-state index in [4.69, 9.17) is 0 Å². The van der Waals surface area contributed by atoms with E-state index in [9.17, 15) is 32.7 Å². The summed E-state index contributed by atoms with van der Waals surface area (Å²) in [6.07, 6.45) is -1.30. The van der Waals surface area contributed by atoms with Crippen LogP contribution in [0.5, 0.6) is 0 Å². The molecule has 1 aromatic rings. The van der Waals surface area contributed by atoms with Gasteiger partial charge in [0.05, 0.1) is 5.56 Å². The number of carbonyl (C=O) groups is 3. The molecule has 3 rings (SSSR count). The molecule has 0 radical (unpaired) electrons.